The normalized spacial score (nSPS) is 17.4. The van der Waals surface area contributed by atoms with Gasteiger partial charge in [-0.3, -0.25) is 0 Å². The van der Waals surface area contributed by atoms with E-state index in [1.165, 1.54) is 23.0 Å². The lowest BCUT2D eigenvalue weighted by Crippen LogP contribution is -2.35. The second kappa shape index (κ2) is 6.51. The Kier molecular flexibility index (Phi) is 4.08. The lowest BCUT2D eigenvalue weighted by molar-refractivity contribution is 0.234. The molecule has 8 nitrogen and oxygen atoms in total. The van der Waals surface area contributed by atoms with Crippen LogP contribution in [0, 0.1) is 0 Å². The van der Waals surface area contributed by atoms with Gasteiger partial charge in [-0.05, 0) is 73.3 Å². The van der Waals surface area contributed by atoms with Crippen LogP contribution in [0.2, 0.25) is 0 Å². The Morgan fingerprint density at radius 2 is 1.86 bits per heavy atom. The van der Waals surface area contributed by atoms with Crippen molar-refractivity contribution >= 4 is 21.7 Å². The summed E-state index contributed by atoms with van der Waals surface area (Å²) in [6.45, 7) is 1.08. The molecule has 5 rings (SSSR count). The number of aromatic nitrogens is 2. The molecule has 28 heavy (non-hydrogen) atoms. The van der Waals surface area contributed by atoms with Gasteiger partial charge in [-0.2, -0.15) is 8.42 Å². The summed E-state index contributed by atoms with van der Waals surface area (Å²) < 4.78 is 34.5. The number of sulfonamides is 1. The van der Waals surface area contributed by atoms with Crippen LogP contribution in [0.15, 0.2) is 17.4 Å². The van der Waals surface area contributed by atoms with E-state index in [1.54, 1.807) is 4.57 Å². The zero-order valence-electron chi connectivity index (χ0n) is 15.5. The van der Waals surface area contributed by atoms with Gasteiger partial charge in [-0.1, -0.05) is 0 Å². The predicted molar refractivity (Wildman–Crippen MR) is 102 cm³/mol. The molecular formula is C19H22N4O4S. The Hall–Kier alpha value is -2.55. The number of carbonyl (C=O) groups is 1. The van der Waals surface area contributed by atoms with Gasteiger partial charge in [0.15, 0.2) is 0 Å². The number of hydrogen-bond donors (Lipinski definition) is 2. The minimum atomic E-state index is -4.12. The molecule has 3 aliphatic rings. The molecule has 1 aliphatic heterocycles. The monoisotopic (exact) mass is 402 g/mol. The van der Waals surface area contributed by atoms with E-state index in [9.17, 15) is 13.2 Å². The number of benzene rings is 1. The van der Waals surface area contributed by atoms with Crippen LogP contribution in [-0.2, 0) is 42.3 Å². The Bertz CT molecular complexity index is 1070. The van der Waals surface area contributed by atoms with E-state index < -0.39 is 16.1 Å². The number of anilines is 1. The Balaban J connectivity index is 1.39. The number of aryl methyl sites for hydroxylation is 2. The van der Waals surface area contributed by atoms with Crippen molar-refractivity contribution in [1.29, 1.82) is 0 Å². The molecule has 1 aromatic heterocycles. The van der Waals surface area contributed by atoms with Crippen molar-refractivity contribution in [3.05, 3.63) is 34.6 Å². The number of amides is 2. The molecule has 0 spiro atoms. The number of nitrogens with zero attached hydrogens (tertiary/aromatic N) is 2. The van der Waals surface area contributed by atoms with E-state index >= 15 is 0 Å². The summed E-state index contributed by atoms with van der Waals surface area (Å²) in [4.78, 5) is 16.5. The highest BCUT2D eigenvalue weighted by molar-refractivity contribution is 7.90. The molecule has 2 heterocycles. The topological polar surface area (TPSA) is 102 Å². The van der Waals surface area contributed by atoms with E-state index in [2.05, 4.69) is 15.0 Å². The number of urea groups is 1. The zero-order valence-corrected chi connectivity index (χ0v) is 16.3. The Morgan fingerprint density at radius 1 is 1.07 bits per heavy atom. The number of nitrogens with one attached hydrogen (secondary N) is 2. The van der Waals surface area contributed by atoms with Crippen LogP contribution in [0.1, 0.15) is 41.5 Å². The quantitative estimate of drug-likeness (QED) is 0.819. The number of hydrogen-bond acceptors (Lipinski definition) is 5. The first kappa shape index (κ1) is 17.5. The van der Waals surface area contributed by atoms with Crippen molar-refractivity contribution in [2.45, 2.75) is 56.5 Å². The summed E-state index contributed by atoms with van der Waals surface area (Å²) in [5.41, 5.74) is 5.94. The summed E-state index contributed by atoms with van der Waals surface area (Å²) in [7, 11) is -4.12. The largest absolute Gasteiger partial charge is 0.477 e. The molecule has 0 saturated heterocycles. The summed E-state index contributed by atoms with van der Waals surface area (Å²) >= 11 is 0. The minimum absolute atomic E-state index is 0.185. The van der Waals surface area contributed by atoms with Gasteiger partial charge in [0.05, 0.1) is 12.9 Å². The fourth-order valence-corrected chi connectivity index (χ4v) is 5.56. The first-order chi connectivity index (χ1) is 13.5. The number of carbonyl (C=O) groups excluding carboxylic acids is 1. The van der Waals surface area contributed by atoms with Crippen molar-refractivity contribution in [3.8, 4) is 5.88 Å². The maximum Gasteiger partial charge on any atom is 0.333 e. The molecule has 148 valence electrons. The predicted octanol–water partition coefficient (Wildman–Crippen LogP) is 2.15. The van der Waals surface area contributed by atoms with Gasteiger partial charge in [0.1, 0.15) is 0 Å². The van der Waals surface area contributed by atoms with E-state index in [0.717, 1.165) is 56.2 Å². The third-order valence-corrected chi connectivity index (χ3v) is 7.00. The highest BCUT2D eigenvalue weighted by Crippen LogP contribution is 2.38. The van der Waals surface area contributed by atoms with E-state index in [1.807, 2.05) is 6.07 Å². The number of rotatable bonds is 3. The third-order valence-electron chi connectivity index (χ3n) is 5.76. The van der Waals surface area contributed by atoms with Crippen LogP contribution in [0.3, 0.4) is 0 Å². The molecule has 1 aromatic carbocycles. The Morgan fingerprint density at radius 3 is 2.75 bits per heavy atom. The molecule has 0 fully saturated rings. The van der Waals surface area contributed by atoms with E-state index in [0.29, 0.717) is 13.2 Å². The van der Waals surface area contributed by atoms with Crippen LogP contribution in [0.4, 0.5) is 10.5 Å². The second-order valence-corrected chi connectivity index (χ2v) is 9.13. The molecule has 9 heteroatoms. The molecule has 0 radical (unpaired) electrons. The SMILES string of the molecule is O=C(Nc1cc2c(c3c1CCC3)CCC2)NS(=O)(=O)c1ncn2c1OCCC2. The fraction of sp³-hybridized carbons (Fsp3) is 0.474. The Labute approximate surface area is 163 Å². The molecule has 0 bridgehead atoms. The molecule has 2 aliphatic carbocycles. The van der Waals surface area contributed by atoms with Crippen molar-refractivity contribution in [2.75, 3.05) is 11.9 Å². The van der Waals surface area contributed by atoms with Crippen LogP contribution in [0.5, 0.6) is 5.88 Å². The van der Waals surface area contributed by atoms with Gasteiger partial charge >= 0.3 is 6.03 Å². The van der Waals surface area contributed by atoms with Crippen molar-refractivity contribution < 1.29 is 17.9 Å². The average molecular weight is 402 g/mol. The molecule has 0 atom stereocenters. The molecule has 2 aromatic rings. The number of imidazole rings is 1. The lowest BCUT2D eigenvalue weighted by Gasteiger charge is -2.17. The van der Waals surface area contributed by atoms with E-state index in [4.69, 9.17) is 4.74 Å². The lowest BCUT2D eigenvalue weighted by atomic mass is 9.98. The maximum absolute atomic E-state index is 12.7. The molecule has 2 amide bonds. The standard InChI is InChI=1S/C19H22N4O4S/c24-19(22-28(25,26)17-18-23(11-20-17)8-3-9-27-18)21-16-10-12-4-1-5-13(12)14-6-2-7-15(14)16/h10-11H,1-9H2,(H2,21,22,24). The highest BCUT2D eigenvalue weighted by atomic mass is 32.2. The first-order valence-corrected chi connectivity index (χ1v) is 11.2. The van der Waals surface area contributed by atoms with Gasteiger partial charge in [-0.15, -0.1) is 0 Å². The van der Waals surface area contributed by atoms with Crippen LogP contribution in [0.25, 0.3) is 0 Å². The molecular weight excluding hydrogens is 380 g/mol. The van der Waals surface area contributed by atoms with Gasteiger partial charge in [0.25, 0.3) is 10.0 Å². The van der Waals surface area contributed by atoms with Crippen molar-refractivity contribution in [2.24, 2.45) is 0 Å². The number of ether oxygens (including phenoxy) is 1. The summed E-state index contributed by atoms with van der Waals surface area (Å²) in [6, 6.07) is 1.24. The minimum Gasteiger partial charge on any atom is -0.477 e. The fourth-order valence-electron chi connectivity index (χ4n) is 4.58. The van der Waals surface area contributed by atoms with Crippen LogP contribution < -0.4 is 14.8 Å². The number of fused-ring (bicyclic) bond motifs is 4. The van der Waals surface area contributed by atoms with Crippen molar-refractivity contribution in [3.63, 3.8) is 0 Å². The third kappa shape index (κ3) is 2.85. The van der Waals surface area contributed by atoms with Crippen LogP contribution >= 0.6 is 0 Å². The second-order valence-electron chi connectivity index (χ2n) is 7.54. The first-order valence-electron chi connectivity index (χ1n) is 9.71. The summed E-state index contributed by atoms with van der Waals surface area (Å²) in [6.07, 6.45) is 8.47. The average Bonchev–Trinajstić information content (AvgIpc) is 3.39. The van der Waals surface area contributed by atoms with Gasteiger partial charge in [-0.25, -0.2) is 14.5 Å². The smallest absolute Gasteiger partial charge is 0.333 e. The van der Waals surface area contributed by atoms with Crippen molar-refractivity contribution in [1.82, 2.24) is 14.3 Å². The highest BCUT2D eigenvalue weighted by Gasteiger charge is 2.30. The maximum atomic E-state index is 12.7. The van der Waals surface area contributed by atoms with Gasteiger partial charge in [0.2, 0.25) is 10.9 Å². The molecule has 2 N–H and O–H groups in total. The summed E-state index contributed by atoms with van der Waals surface area (Å²) in [5.74, 6) is 0.185. The summed E-state index contributed by atoms with van der Waals surface area (Å²) in [5, 5.41) is 2.52. The zero-order chi connectivity index (χ0) is 19.3. The van der Waals surface area contributed by atoms with E-state index in [-0.39, 0.29) is 10.9 Å². The molecule has 0 saturated carbocycles. The van der Waals surface area contributed by atoms with Gasteiger partial charge in [0, 0.05) is 12.2 Å². The van der Waals surface area contributed by atoms with Gasteiger partial charge < -0.3 is 14.6 Å². The van der Waals surface area contributed by atoms with Crippen LogP contribution in [-0.4, -0.2) is 30.6 Å². The molecule has 0 unspecified atom stereocenters.